The van der Waals surface area contributed by atoms with E-state index in [2.05, 4.69) is 25.6 Å². The number of anilines is 2. The van der Waals surface area contributed by atoms with Gasteiger partial charge in [0.25, 0.3) is 0 Å². The van der Waals surface area contributed by atoms with Crippen LogP contribution in [-0.2, 0) is 11.3 Å². The first-order valence-corrected chi connectivity index (χ1v) is 4.38. The molecule has 0 saturated carbocycles. The van der Waals surface area contributed by atoms with Gasteiger partial charge < -0.3 is 10.2 Å². The van der Waals surface area contributed by atoms with Crippen LogP contribution in [0.3, 0.4) is 0 Å². The fourth-order valence-electron chi connectivity index (χ4n) is 1.04. The highest BCUT2D eigenvalue weighted by molar-refractivity contribution is 5.88. The van der Waals surface area contributed by atoms with Gasteiger partial charge in [0.15, 0.2) is 0 Å². The molecule has 0 aliphatic rings. The molecule has 1 amide bonds. The van der Waals surface area contributed by atoms with Crippen molar-refractivity contribution in [3.63, 3.8) is 0 Å². The maximum Gasteiger partial charge on any atom is 0.322 e. The molecule has 0 unspecified atom stereocenters. The van der Waals surface area contributed by atoms with Crippen molar-refractivity contribution < 1.29 is 9.21 Å². The number of nitrogen functional groups attached to an aromatic ring is 1. The molecule has 2 rings (SSSR count). The summed E-state index contributed by atoms with van der Waals surface area (Å²) in [5.74, 6) is 0.135. The molecular formula is C7H9N7O2. The number of aryl methyl sites for hydroxylation is 1. The van der Waals surface area contributed by atoms with Crippen LogP contribution in [0.4, 0.5) is 12.0 Å². The molecule has 0 aliphatic heterocycles. The summed E-state index contributed by atoms with van der Waals surface area (Å²) in [6, 6.07) is 0.0515. The van der Waals surface area contributed by atoms with Gasteiger partial charge in [0.2, 0.25) is 17.7 Å². The monoisotopic (exact) mass is 223 g/mol. The van der Waals surface area contributed by atoms with E-state index in [-0.39, 0.29) is 24.4 Å². The largest absolute Gasteiger partial charge is 0.408 e. The number of hydrogen-bond acceptors (Lipinski definition) is 7. The van der Waals surface area contributed by atoms with E-state index in [1.54, 1.807) is 6.92 Å². The van der Waals surface area contributed by atoms with E-state index in [1.807, 2.05) is 0 Å². The Morgan fingerprint density at radius 3 is 3.00 bits per heavy atom. The normalized spacial score (nSPS) is 10.3. The molecule has 2 heterocycles. The smallest absolute Gasteiger partial charge is 0.322 e. The third-order valence-electron chi connectivity index (χ3n) is 1.63. The number of carbonyl (C=O) groups is 1. The predicted molar refractivity (Wildman–Crippen MR) is 52.1 cm³/mol. The topological polar surface area (TPSA) is 125 Å². The second kappa shape index (κ2) is 3.96. The van der Waals surface area contributed by atoms with Crippen LogP contribution in [0.5, 0.6) is 0 Å². The molecule has 84 valence electrons. The van der Waals surface area contributed by atoms with Gasteiger partial charge in [-0.1, -0.05) is 5.10 Å². The highest BCUT2D eigenvalue weighted by atomic mass is 16.4. The fourth-order valence-corrected chi connectivity index (χ4v) is 1.04. The standard InChI is InChI=1S/C7H9N7O2/c1-4-11-12-7(16-4)10-5(15)2-14-3-9-6(8)13-14/h3H,2H2,1H3,(H2,8,13)(H,10,12,15). The van der Waals surface area contributed by atoms with Gasteiger partial charge in [0.1, 0.15) is 12.9 Å². The van der Waals surface area contributed by atoms with Crippen LogP contribution in [-0.4, -0.2) is 30.9 Å². The maximum atomic E-state index is 11.4. The zero-order chi connectivity index (χ0) is 11.5. The highest BCUT2D eigenvalue weighted by Gasteiger charge is 2.09. The molecular weight excluding hydrogens is 214 g/mol. The van der Waals surface area contributed by atoms with Crippen molar-refractivity contribution >= 4 is 17.9 Å². The molecule has 3 N–H and O–H groups in total. The quantitative estimate of drug-likeness (QED) is 0.696. The molecule has 0 radical (unpaired) electrons. The van der Waals surface area contributed by atoms with Gasteiger partial charge in [-0.05, 0) is 0 Å². The van der Waals surface area contributed by atoms with Crippen molar-refractivity contribution in [3.05, 3.63) is 12.2 Å². The molecule has 2 aromatic rings. The average molecular weight is 223 g/mol. The average Bonchev–Trinajstić information content (AvgIpc) is 2.76. The number of nitrogens with two attached hydrogens (primary N) is 1. The lowest BCUT2D eigenvalue weighted by Gasteiger charge is -1.99. The lowest BCUT2D eigenvalue weighted by molar-refractivity contribution is -0.117. The number of nitrogens with one attached hydrogen (secondary N) is 1. The molecule has 0 bridgehead atoms. The Morgan fingerprint density at radius 2 is 2.44 bits per heavy atom. The van der Waals surface area contributed by atoms with Crippen molar-refractivity contribution in [2.24, 2.45) is 0 Å². The lowest BCUT2D eigenvalue weighted by Crippen LogP contribution is -2.19. The molecule has 0 aliphatic carbocycles. The third-order valence-corrected chi connectivity index (χ3v) is 1.63. The Bertz CT molecular complexity index is 458. The Hall–Kier alpha value is -2.45. The number of carbonyl (C=O) groups excluding carboxylic acids is 1. The predicted octanol–water partition coefficient (Wildman–Crippen LogP) is -0.810. The Morgan fingerprint density at radius 1 is 1.62 bits per heavy atom. The first-order chi connectivity index (χ1) is 7.63. The lowest BCUT2D eigenvalue weighted by atomic mass is 10.6. The second-order valence-corrected chi connectivity index (χ2v) is 2.97. The number of rotatable bonds is 3. The minimum Gasteiger partial charge on any atom is -0.408 e. The zero-order valence-electron chi connectivity index (χ0n) is 8.41. The molecule has 9 heteroatoms. The van der Waals surface area contributed by atoms with Crippen LogP contribution in [0, 0.1) is 6.92 Å². The molecule has 0 saturated heterocycles. The van der Waals surface area contributed by atoms with Crippen molar-refractivity contribution in [1.82, 2.24) is 25.0 Å². The number of nitrogens with zero attached hydrogens (tertiary/aromatic N) is 5. The van der Waals surface area contributed by atoms with Crippen LogP contribution >= 0.6 is 0 Å². The summed E-state index contributed by atoms with van der Waals surface area (Å²) < 4.78 is 6.27. The van der Waals surface area contributed by atoms with Gasteiger partial charge in [-0.2, -0.15) is 0 Å². The van der Waals surface area contributed by atoms with E-state index >= 15 is 0 Å². The van der Waals surface area contributed by atoms with E-state index in [0.29, 0.717) is 5.89 Å². The molecule has 0 fully saturated rings. The summed E-state index contributed by atoms with van der Waals surface area (Å²) >= 11 is 0. The van der Waals surface area contributed by atoms with Gasteiger partial charge in [-0.3, -0.25) is 10.1 Å². The van der Waals surface area contributed by atoms with E-state index in [4.69, 9.17) is 10.2 Å². The molecule has 2 aromatic heterocycles. The maximum absolute atomic E-state index is 11.4. The highest BCUT2D eigenvalue weighted by Crippen LogP contribution is 2.03. The van der Waals surface area contributed by atoms with E-state index in [9.17, 15) is 4.79 Å². The third kappa shape index (κ3) is 2.32. The number of aromatic nitrogens is 5. The zero-order valence-corrected chi connectivity index (χ0v) is 8.41. The summed E-state index contributed by atoms with van der Waals surface area (Å²) in [5.41, 5.74) is 5.29. The first-order valence-electron chi connectivity index (χ1n) is 4.38. The Labute approximate surface area is 89.7 Å². The SMILES string of the molecule is Cc1nnc(NC(=O)Cn2cnc(N)n2)o1. The summed E-state index contributed by atoms with van der Waals surface area (Å²) in [6.07, 6.45) is 1.36. The van der Waals surface area contributed by atoms with Crippen LogP contribution < -0.4 is 11.1 Å². The Balaban J connectivity index is 1.94. The molecule has 0 atom stereocenters. The van der Waals surface area contributed by atoms with Crippen LogP contribution in [0.15, 0.2) is 10.7 Å². The van der Waals surface area contributed by atoms with Crippen molar-refractivity contribution in [1.29, 1.82) is 0 Å². The van der Waals surface area contributed by atoms with Crippen molar-refractivity contribution in [3.8, 4) is 0 Å². The van der Waals surface area contributed by atoms with Gasteiger partial charge in [-0.25, -0.2) is 9.67 Å². The summed E-state index contributed by atoms with van der Waals surface area (Å²) in [7, 11) is 0. The van der Waals surface area contributed by atoms with Gasteiger partial charge >= 0.3 is 6.01 Å². The molecule has 9 nitrogen and oxygen atoms in total. The summed E-state index contributed by atoms with van der Waals surface area (Å²) in [4.78, 5) is 15.1. The van der Waals surface area contributed by atoms with E-state index in [0.717, 1.165) is 0 Å². The minimum atomic E-state index is -0.353. The molecule has 0 aromatic carbocycles. The van der Waals surface area contributed by atoms with Crippen molar-refractivity contribution in [2.45, 2.75) is 13.5 Å². The van der Waals surface area contributed by atoms with E-state index < -0.39 is 0 Å². The molecule has 16 heavy (non-hydrogen) atoms. The van der Waals surface area contributed by atoms with E-state index in [1.165, 1.54) is 11.0 Å². The fraction of sp³-hybridized carbons (Fsp3) is 0.286. The number of amides is 1. The van der Waals surface area contributed by atoms with Gasteiger partial charge in [0, 0.05) is 6.92 Å². The van der Waals surface area contributed by atoms with Crippen LogP contribution in [0.2, 0.25) is 0 Å². The van der Waals surface area contributed by atoms with Crippen LogP contribution in [0.25, 0.3) is 0 Å². The molecule has 0 spiro atoms. The summed E-state index contributed by atoms with van der Waals surface area (Å²) in [6.45, 7) is 1.60. The summed E-state index contributed by atoms with van der Waals surface area (Å²) in [5, 5.41) is 13.3. The Kier molecular flexibility index (Phi) is 2.50. The first kappa shape index (κ1) is 10.1. The second-order valence-electron chi connectivity index (χ2n) is 2.97. The van der Waals surface area contributed by atoms with Gasteiger partial charge in [-0.15, -0.1) is 10.2 Å². The minimum absolute atomic E-state index is 0.0222. The van der Waals surface area contributed by atoms with Crippen molar-refractivity contribution in [2.75, 3.05) is 11.1 Å². The van der Waals surface area contributed by atoms with Crippen LogP contribution in [0.1, 0.15) is 5.89 Å². The number of hydrogen-bond donors (Lipinski definition) is 2. The van der Waals surface area contributed by atoms with Gasteiger partial charge in [0.05, 0.1) is 0 Å².